The Bertz CT molecular complexity index is 552. The molecule has 0 spiro atoms. The second kappa shape index (κ2) is 3.75. The standard InChI is InChI=1S/C10H9ClN4S/c1-15-3-2-12-10(15)9-13-7-5-16-4-6(7)8(11)14-9/h2-3H,4-5H2,1H3. The van der Waals surface area contributed by atoms with Crippen molar-refractivity contribution in [2.24, 2.45) is 7.05 Å². The zero-order valence-electron chi connectivity index (χ0n) is 8.64. The molecule has 0 aromatic carbocycles. The van der Waals surface area contributed by atoms with E-state index >= 15 is 0 Å². The van der Waals surface area contributed by atoms with Gasteiger partial charge in [-0.15, -0.1) is 0 Å². The fourth-order valence-corrected chi connectivity index (χ4v) is 3.07. The lowest BCUT2D eigenvalue weighted by Crippen LogP contribution is -2.01. The first kappa shape index (κ1) is 10.1. The summed E-state index contributed by atoms with van der Waals surface area (Å²) in [5.41, 5.74) is 2.12. The van der Waals surface area contributed by atoms with Crippen LogP contribution in [0.15, 0.2) is 12.4 Å². The highest BCUT2D eigenvalue weighted by Crippen LogP contribution is 2.33. The van der Waals surface area contributed by atoms with Crippen LogP contribution in [0.2, 0.25) is 5.15 Å². The Morgan fingerprint density at radius 2 is 2.25 bits per heavy atom. The highest BCUT2D eigenvalue weighted by atomic mass is 35.5. The van der Waals surface area contributed by atoms with Gasteiger partial charge in [0.1, 0.15) is 5.15 Å². The van der Waals surface area contributed by atoms with E-state index in [-0.39, 0.29) is 0 Å². The molecule has 0 fully saturated rings. The molecule has 0 saturated carbocycles. The lowest BCUT2D eigenvalue weighted by Gasteiger charge is -2.04. The first-order chi connectivity index (χ1) is 7.75. The molecule has 3 rings (SSSR count). The first-order valence-electron chi connectivity index (χ1n) is 4.86. The van der Waals surface area contributed by atoms with Crippen molar-refractivity contribution in [3.8, 4) is 11.6 Å². The SMILES string of the molecule is Cn1ccnc1-c1nc(Cl)c2c(n1)CSC2. The summed E-state index contributed by atoms with van der Waals surface area (Å²) in [6, 6.07) is 0. The lowest BCUT2D eigenvalue weighted by molar-refractivity contribution is 0.900. The summed E-state index contributed by atoms with van der Waals surface area (Å²) in [4.78, 5) is 13.0. The van der Waals surface area contributed by atoms with Crippen LogP contribution >= 0.6 is 23.4 Å². The summed E-state index contributed by atoms with van der Waals surface area (Å²) in [7, 11) is 1.92. The van der Waals surface area contributed by atoms with E-state index in [1.807, 2.05) is 29.6 Å². The molecular formula is C10H9ClN4S. The van der Waals surface area contributed by atoms with Gasteiger partial charge in [-0.1, -0.05) is 11.6 Å². The van der Waals surface area contributed by atoms with Crippen LogP contribution in [-0.4, -0.2) is 19.5 Å². The van der Waals surface area contributed by atoms with Crippen molar-refractivity contribution in [2.45, 2.75) is 11.5 Å². The van der Waals surface area contributed by atoms with Crippen molar-refractivity contribution in [1.29, 1.82) is 0 Å². The van der Waals surface area contributed by atoms with E-state index < -0.39 is 0 Å². The first-order valence-corrected chi connectivity index (χ1v) is 6.39. The summed E-state index contributed by atoms with van der Waals surface area (Å²) < 4.78 is 1.89. The van der Waals surface area contributed by atoms with E-state index in [1.54, 1.807) is 6.20 Å². The number of imidazole rings is 1. The molecule has 1 aliphatic heterocycles. The average Bonchev–Trinajstić information content (AvgIpc) is 2.85. The van der Waals surface area contributed by atoms with Crippen molar-refractivity contribution < 1.29 is 0 Å². The van der Waals surface area contributed by atoms with Crippen LogP contribution in [0.1, 0.15) is 11.3 Å². The Morgan fingerprint density at radius 3 is 3.00 bits per heavy atom. The summed E-state index contributed by atoms with van der Waals surface area (Å²) >= 11 is 7.96. The molecule has 16 heavy (non-hydrogen) atoms. The highest BCUT2D eigenvalue weighted by Gasteiger charge is 2.20. The third-order valence-corrected chi connectivity index (χ3v) is 3.83. The molecule has 0 saturated heterocycles. The van der Waals surface area contributed by atoms with E-state index in [4.69, 9.17) is 11.6 Å². The van der Waals surface area contributed by atoms with Crippen molar-refractivity contribution >= 4 is 23.4 Å². The predicted octanol–water partition coefficient (Wildman–Crippen LogP) is 2.28. The van der Waals surface area contributed by atoms with Crippen LogP contribution in [0.25, 0.3) is 11.6 Å². The zero-order valence-corrected chi connectivity index (χ0v) is 10.2. The van der Waals surface area contributed by atoms with Crippen LogP contribution in [0.4, 0.5) is 0 Å². The predicted molar refractivity (Wildman–Crippen MR) is 64.2 cm³/mol. The number of hydrogen-bond donors (Lipinski definition) is 0. The van der Waals surface area contributed by atoms with Gasteiger partial charge >= 0.3 is 0 Å². The molecule has 3 heterocycles. The number of hydrogen-bond acceptors (Lipinski definition) is 4. The quantitative estimate of drug-likeness (QED) is 0.731. The van der Waals surface area contributed by atoms with Gasteiger partial charge in [-0.25, -0.2) is 15.0 Å². The van der Waals surface area contributed by atoms with Gasteiger partial charge in [0.25, 0.3) is 0 Å². The fourth-order valence-electron chi connectivity index (χ4n) is 1.69. The van der Waals surface area contributed by atoms with Gasteiger partial charge in [-0.2, -0.15) is 11.8 Å². The summed E-state index contributed by atoms with van der Waals surface area (Å²) in [5.74, 6) is 3.18. The van der Waals surface area contributed by atoms with Gasteiger partial charge in [0, 0.05) is 36.5 Å². The fraction of sp³-hybridized carbons (Fsp3) is 0.300. The van der Waals surface area contributed by atoms with Crippen LogP contribution in [0.5, 0.6) is 0 Å². The maximum Gasteiger partial charge on any atom is 0.197 e. The van der Waals surface area contributed by atoms with Gasteiger partial charge in [0.2, 0.25) is 0 Å². The molecule has 4 nitrogen and oxygen atoms in total. The molecule has 0 unspecified atom stereocenters. The Kier molecular flexibility index (Phi) is 2.37. The summed E-state index contributed by atoms with van der Waals surface area (Å²) in [5, 5.41) is 0.563. The molecule has 0 N–H and O–H groups in total. The minimum atomic E-state index is 0.563. The van der Waals surface area contributed by atoms with Gasteiger partial charge in [0.05, 0.1) is 5.69 Å². The van der Waals surface area contributed by atoms with E-state index in [1.165, 1.54) is 0 Å². The molecule has 0 aliphatic carbocycles. The maximum atomic E-state index is 6.14. The smallest absolute Gasteiger partial charge is 0.197 e. The molecule has 2 aromatic rings. The number of aromatic nitrogens is 4. The molecule has 82 valence electrons. The third kappa shape index (κ3) is 1.51. The Balaban J connectivity index is 2.17. The van der Waals surface area contributed by atoms with Gasteiger partial charge in [0.15, 0.2) is 11.6 Å². The van der Waals surface area contributed by atoms with Crippen LogP contribution in [-0.2, 0) is 18.6 Å². The number of aryl methyl sites for hydroxylation is 1. The molecule has 1 aliphatic rings. The molecule has 6 heteroatoms. The summed E-state index contributed by atoms with van der Waals surface area (Å²) in [6.45, 7) is 0. The number of halogens is 1. The lowest BCUT2D eigenvalue weighted by atomic mass is 10.3. The minimum absolute atomic E-state index is 0.563. The molecule has 0 bridgehead atoms. The normalized spacial score (nSPS) is 14.1. The van der Waals surface area contributed by atoms with Crippen LogP contribution in [0, 0.1) is 0 Å². The van der Waals surface area contributed by atoms with Gasteiger partial charge in [-0.05, 0) is 0 Å². The molecule has 0 radical (unpaired) electrons. The molecule has 0 atom stereocenters. The Hall–Kier alpha value is -1.07. The average molecular weight is 253 g/mol. The number of thioether (sulfide) groups is 1. The zero-order chi connectivity index (χ0) is 11.1. The van der Waals surface area contributed by atoms with Crippen LogP contribution < -0.4 is 0 Å². The van der Waals surface area contributed by atoms with Crippen molar-refractivity contribution in [2.75, 3.05) is 0 Å². The van der Waals surface area contributed by atoms with E-state index in [0.29, 0.717) is 11.0 Å². The second-order valence-corrected chi connectivity index (χ2v) is 4.96. The summed E-state index contributed by atoms with van der Waals surface area (Å²) in [6.07, 6.45) is 3.60. The largest absolute Gasteiger partial charge is 0.331 e. The van der Waals surface area contributed by atoms with Crippen molar-refractivity contribution in [3.05, 3.63) is 28.8 Å². The van der Waals surface area contributed by atoms with E-state index in [2.05, 4.69) is 15.0 Å². The number of fused-ring (bicyclic) bond motifs is 1. The monoisotopic (exact) mass is 252 g/mol. The topological polar surface area (TPSA) is 43.6 Å². The molecule has 2 aromatic heterocycles. The van der Waals surface area contributed by atoms with Gasteiger partial charge < -0.3 is 4.57 Å². The van der Waals surface area contributed by atoms with Gasteiger partial charge in [-0.3, -0.25) is 0 Å². The molecular weight excluding hydrogens is 244 g/mol. The highest BCUT2D eigenvalue weighted by molar-refractivity contribution is 7.98. The number of rotatable bonds is 1. The van der Waals surface area contributed by atoms with E-state index in [0.717, 1.165) is 28.6 Å². The van der Waals surface area contributed by atoms with Crippen LogP contribution in [0.3, 0.4) is 0 Å². The molecule has 0 amide bonds. The van der Waals surface area contributed by atoms with Crippen molar-refractivity contribution in [3.63, 3.8) is 0 Å². The van der Waals surface area contributed by atoms with Crippen molar-refractivity contribution in [1.82, 2.24) is 19.5 Å². The third-order valence-electron chi connectivity index (χ3n) is 2.55. The van der Waals surface area contributed by atoms with E-state index in [9.17, 15) is 0 Å². The Labute approximate surface area is 102 Å². The minimum Gasteiger partial charge on any atom is -0.331 e. The second-order valence-electron chi connectivity index (χ2n) is 3.62. The Morgan fingerprint density at radius 1 is 1.38 bits per heavy atom. The maximum absolute atomic E-state index is 6.14. The number of nitrogens with zero attached hydrogens (tertiary/aromatic N) is 4.